The molecule has 158 valence electrons. The lowest BCUT2D eigenvalue weighted by Gasteiger charge is -2.36. The predicted octanol–water partition coefficient (Wildman–Crippen LogP) is 3.57. The lowest BCUT2D eigenvalue weighted by atomic mass is 9.94. The van der Waals surface area contributed by atoms with E-state index < -0.39 is 6.04 Å². The number of thiocarbonyl (C=S) groups is 1. The molecule has 2 aromatic carbocycles. The highest BCUT2D eigenvalue weighted by molar-refractivity contribution is 7.80. The minimum atomic E-state index is -0.494. The third-order valence-corrected chi connectivity index (χ3v) is 5.36. The molecule has 2 aromatic rings. The van der Waals surface area contributed by atoms with E-state index in [2.05, 4.69) is 10.6 Å². The number of nitrogens with zero attached hydrogens (tertiary/aromatic N) is 1. The minimum absolute atomic E-state index is 0.0426. The summed E-state index contributed by atoms with van der Waals surface area (Å²) in [5.41, 5.74) is 2.66. The van der Waals surface area contributed by atoms with Gasteiger partial charge in [-0.1, -0.05) is 6.07 Å². The average Bonchev–Trinajstić information content (AvgIpc) is 2.74. The van der Waals surface area contributed by atoms with Crippen LogP contribution in [0.4, 0.5) is 5.69 Å². The summed E-state index contributed by atoms with van der Waals surface area (Å²) in [7, 11) is 3.40. The van der Waals surface area contributed by atoms with Gasteiger partial charge in [-0.15, -0.1) is 0 Å². The Hall–Kier alpha value is -3.26. The zero-order valence-electron chi connectivity index (χ0n) is 17.4. The monoisotopic (exact) mass is 427 g/mol. The Morgan fingerprint density at radius 1 is 1.27 bits per heavy atom. The van der Waals surface area contributed by atoms with E-state index in [1.165, 1.54) is 0 Å². The Balaban J connectivity index is 1.98. The van der Waals surface area contributed by atoms with Gasteiger partial charge in [-0.3, -0.25) is 4.79 Å². The highest BCUT2D eigenvalue weighted by Crippen LogP contribution is 2.35. The maximum Gasteiger partial charge on any atom is 0.255 e. The van der Waals surface area contributed by atoms with Gasteiger partial charge in [0.05, 0.1) is 25.3 Å². The van der Waals surface area contributed by atoms with E-state index in [0.29, 0.717) is 34.5 Å². The van der Waals surface area contributed by atoms with Crippen LogP contribution in [0, 0.1) is 0 Å². The number of ether oxygens (including phenoxy) is 2. The summed E-state index contributed by atoms with van der Waals surface area (Å²) in [6.07, 6.45) is 0. The lowest BCUT2D eigenvalue weighted by molar-refractivity contribution is -0.113. The number of carbonyl (C=O) groups excluding carboxylic acids is 1. The second-order valence-corrected chi connectivity index (χ2v) is 7.17. The van der Waals surface area contributed by atoms with Crippen LogP contribution >= 0.6 is 12.2 Å². The normalized spacial score (nSPS) is 16.2. The van der Waals surface area contributed by atoms with Crippen molar-refractivity contribution in [1.82, 2.24) is 10.2 Å². The average molecular weight is 428 g/mol. The van der Waals surface area contributed by atoms with E-state index in [-0.39, 0.29) is 11.7 Å². The van der Waals surface area contributed by atoms with Crippen LogP contribution in [0.1, 0.15) is 25.5 Å². The summed E-state index contributed by atoms with van der Waals surface area (Å²) in [6.45, 7) is 4.11. The van der Waals surface area contributed by atoms with Gasteiger partial charge in [0.2, 0.25) is 0 Å². The van der Waals surface area contributed by atoms with Crippen LogP contribution in [0.15, 0.2) is 53.7 Å². The van der Waals surface area contributed by atoms with E-state index in [1.807, 2.05) is 20.9 Å². The fraction of sp³-hybridized carbons (Fsp3) is 0.273. The zero-order chi connectivity index (χ0) is 21.8. The Bertz CT molecular complexity index is 988. The van der Waals surface area contributed by atoms with Gasteiger partial charge in [0.25, 0.3) is 5.91 Å². The first kappa shape index (κ1) is 21.4. The number of nitrogens with one attached hydrogen (secondary N) is 2. The van der Waals surface area contributed by atoms with E-state index in [9.17, 15) is 9.90 Å². The maximum absolute atomic E-state index is 13.3. The fourth-order valence-electron chi connectivity index (χ4n) is 3.23. The molecule has 0 spiro atoms. The molecule has 7 nitrogen and oxygen atoms in total. The number of aromatic hydroxyl groups is 1. The fourth-order valence-corrected chi connectivity index (χ4v) is 3.49. The number of hydrogen-bond donors (Lipinski definition) is 3. The van der Waals surface area contributed by atoms with Crippen molar-refractivity contribution in [3.05, 3.63) is 59.3 Å². The van der Waals surface area contributed by atoms with Gasteiger partial charge in [0.15, 0.2) is 16.6 Å². The van der Waals surface area contributed by atoms with Gasteiger partial charge >= 0.3 is 0 Å². The largest absolute Gasteiger partial charge is 0.504 e. The van der Waals surface area contributed by atoms with Gasteiger partial charge in [-0.2, -0.15) is 0 Å². The van der Waals surface area contributed by atoms with Crippen LogP contribution in [0.5, 0.6) is 17.2 Å². The summed E-state index contributed by atoms with van der Waals surface area (Å²) in [5, 5.41) is 16.7. The Morgan fingerprint density at radius 3 is 2.60 bits per heavy atom. The van der Waals surface area contributed by atoms with Crippen molar-refractivity contribution in [2.45, 2.75) is 19.9 Å². The molecule has 1 heterocycles. The standard InChI is InChI=1S/C22H25N3O4S/c1-5-29-18-12-14(6-11-17(18)26)20-19(13(2)25(3)22(30)24-20)21(27)23-15-7-9-16(28-4)10-8-15/h6-12,20,26H,5H2,1-4H3,(H,23,27)(H,24,30). The second-order valence-electron chi connectivity index (χ2n) is 6.78. The lowest BCUT2D eigenvalue weighted by Crippen LogP contribution is -2.46. The summed E-state index contributed by atoms with van der Waals surface area (Å²) in [6, 6.07) is 11.6. The number of phenols is 1. The van der Waals surface area contributed by atoms with Crippen LogP contribution in [-0.2, 0) is 4.79 Å². The van der Waals surface area contributed by atoms with Gasteiger partial charge in [0, 0.05) is 18.4 Å². The quantitative estimate of drug-likeness (QED) is 0.608. The topological polar surface area (TPSA) is 83.1 Å². The Kier molecular flexibility index (Phi) is 6.47. The number of methoxy groups -OCH3 is 1. The van der Waals surface area contributed by atoms with Gasteiger partial charge < -0.3 is 30.1 Å². The number of anilines is 1. The third kappa shape index (κ3) is 4.33. The van der Waals surface area contributed by atoms with Crippen molar-refractivity contribution in [1.29, 1.82) is 0 Å². The van der Waals surface area contributed by atoms with E-state index >= 15 is 0 Å². The summed E-state index contributed by atoms with van der Waals surface area (Å²) >= 11 is 5.44. The second kappa shape index (κ2) is 9.04. The number of rotatable bonds is 6. The van der Waals surface area contributed by atoms with Crippen LogP contribution in [0.2, 0.25) is 0 Å². The molecule has 1 unspecified atom stereocenters. The highest BCUT2D eigenvalue weighted by atomic mass is 32.1. The van der Waals surface area contributed by atoms with Crippen molar-refractivity contribution in [3.8, 4) is 17.2 Å². The SMILES string of the molecule is CCOc1cc(C2NC(=S)N(C)C(C)=C2C(=O)Nc2ccc(OC)cc2)ccc1O. The van der Waals surface area contributed by atoms with E-state index in [4.69, 9.17) is 21.7 Å². The molecular formula is C22H25N3O4S. The summed E-state index contributed by atoms with van der Waals surface area (Å²) in [4.78, 5) is 15.0. The molecule has 0 aliphatic carbocycles. The summed E-state index contributed by atoms with van der Waals surface area (Å²) < 4.78 is 10.7. The molecule has 3 rings (SSSR count). The molecule has 1 amide bonds. The van der Waals surface area contributed by atoms with E-state index in [0.717, 1.165) is 11.3 Å². The van der Waals surface area contributed by atoms with Gasteiger partial charge in [-0.25, -0.2) is 0 Å². The molecule has 0 bridgehead atoms. The number of allylic oxidation sites excluding steroid dienone is 1. The van der Waals surface area contributed by atoms with Crippen molar-refractivity contribution in [2.24, 2.45) is 0 Å². The molecule has 0 saturated heterocycles. The molecule has 1 aliphatic rings. The molecule has 30 heavy (non-hydrogen) atoms. The molecule has 0 aromatic heterocycles. The number of amides is 1. The first-order valence-corrected chi connectivity index (χ1v) is 9.92. The number of benzene rings is 2. The first-order chi connectivity index (χ1) is 14.3. The van der Waals surface area contributed by atoms with Crippen molar-refractivity contribution < 1.29 is 19.4 Å². The summed E-state index contributed by atoms with van der Waals surface area (Å²) in [5.74, 6) is 0.851. The predicted molar refractivity (Wildman–Crippen MR) is 120 cm³/mol. The first-order valence-electron chi connectivity index (χ1n) is 9.51. The molecule has 0 fully saturated rings. The van der Waals surface area contributed by atoms with Gasteiger partial charge in [0.1, 0.15) is 5.75 Å². The van der Waals surface area contributed by atoms with Crippen LogP contribution < -0.4 is 20.1 Å². The third-order valence-electron chi connectivity index (χ3n) is 4.96. The van der Waals surface area contributed by atoms with Crippen LogP contribution in [0.3, 0.4) is 0 Å². The molecule has 0 radical (unpaired) electrons. The van der Waals surface area contributed by atoms with Crippen molar-refractivity contribution in [3.63, 3.8) is 0 Å². The van der Waals surface area contributed by atoms with Crippen molar-refractivity contribution >= 4 is 28.9 Å². The maximum atomic E-state index is 13.3. The number of hydrogen-bond acceptors (Lipinski definition) is 5. The molecule has 0 saturated carbocycles. The Morgan fingerprint density at radius 2 is 1.97 bits per heavy atom. The molecule has 8 heteroatoms. The minimum Gasteiger partial charge on any atom is -0.504 e. The van der Waals surface area contributed by atoms with Crippen molar-refractivity contribution in [2.75, 3.05) is 26.1 Å². The number of phenolic OH excluding ortho intramolecular Hbond substituents is 1. The van der Waals surface area contributed by atoms with Crippen LogP contribution in [-0.4, -0.2) is 41.8 Å². The molecule has 1 aliphatic heterocycles. The van der Waals surface area contributed by atoms with E-state index in [1.54, 1.807) is 54.5 Å². The molecule has 3 N–H and O–H groups in total. The molecular weight excluding hydrogens is 402 g/mol. The van der Waals surface area contributed by atoms with Gasteiger partial charge in [-0.05, 0) is 68.0 Å². The highest BCUT2D eigenvalue weighted by Gasteiger charge is 2.33. The number of carbonyl (C=O) groups is 1. The Labute approximate surface area is 181 Å². The zero-order valence-corrected chi connectivity index (χ0v) is 18.2. The molecule has 1 atom stereocenters. The smallest absolute Gasteiger partial charge is 0.255 e. The van der Waals surface area contributed by atoms with Crippen LogP contribution in [0.25, 0.3) is 0 Å².